The van der Waals surface area contributed by atoms with Crippen molar-refractivity contribution in [3.8, 4) is 0 Å². The molecule has 0 radical (unpaired) electrons. The van der Waals surface area contributed by atoms with Gasteiger partial charge in [0.2, 0.25) is 0 Å². The molecule has 26 heavy (non-hydrogen) atoms. The van der Waals surface area contributed by atoms with Crippen molar-refractivity contribution in [1.82, 2.24) is 4.90 Å². The van der Waals surface area contributed by atoms with Crippen LogP contribution < -0.4 is 0 Å². The zero-order chi connectivity index (χ0) is 19.2. The summed E-state index contributed by atoms with van der Waals surface area (Å²) in [5.74, 6) is -0.625. The Hall–Kier alpha value is -2.62. The Morgan fingerprint density at radius 3 is 2.12 bits per heavy atom. The number of aryl methyl sites for hydroxylation is 1. The molecule has 0 aliphatic rings. The molecule has 0 saturated carbocycles. The lowest BCUT2D eigenvalue weighted by atomic mass is 9.85. The molecular weight excluding hydrogens is 326 g/mol. The number of ether oxygens (including phenoxy) is 1. The highest BCUT2D eigenvalue weighted by Crippen LogP contribution is 2.24. The number of likely N-dealkylation sites (N-methyl/N-ethyl adjacent to an activating group) is 1. The normalized spacial score (nSPS) is 11.1. The van der Waals surface area contributed by atoms with Crippen LogP contribution in [0.4, 0.5) is 0 Å². The van der Waals surface area contributed by atoms with Gasteiger partial charge in [-0.2, -0.15) is 0 Å². The number of rotatable bonds is 7. The molecule has 2 aromatic carbocycles. The van der Waals surface area contributed by atoms with Gasteiger partial charge in [0, 0.05) is 13.6 Å². The third kappa shape index (κ3) is 4.94. The van der Waals surface area contributed by atoms with Gasteiger partial charge in [0.1, 0.15) is 0 Å². The van der Waals surface area contributed by atoms with Gasteiger partial charge < -0.3 is 9.64 Å². The molecule has 2 rings (SSSR count). The summed E-state index contributed by atoms with van der Waals surface area (Å²) in [4.78, 5) is 26.3. The number of benzene rings is 2. The van der Waals surface area contributed by atoms with Crippen LogP contribution in [0.5, 0.6) is 0 Å². The lowest BCUT2D eigenvalue weighted by Crippen LogP contribution is -2.36. The fourth-order valence-corrected chi connectivity index (χ4v) is 2.63. The van der Waals surface area contributed by atoms with E-state index in [2.05, 4.69) is 19.1 Å². The van der Waals surface area contributed by atoms with E-state index in [9.17, 15) is 9.59 Å². The Bertz CT molecular complexity index is 736. The van der Waals surface area contributed by atoms with Crippen molar-refractivity contribution in [2.24, 2.45) is 0 Å². The lowest BCUT2D eigenvalue weighted by molar-refractivity contribution is -0.155. The van der Waals surface area contributed by atoms with Crippen LogP contribution in [0, 0.1) is 0 Å². The zero-order valence-corrected chi connectivity index (χ0v) is 16.0. The number of hydrogen-bond acceptors (Lipinski definition) is 3. The van der Waals surface area contributed by atoms with E-state index in [4.69, 9.17) is 4.74 Å². The Labute approximate surface area is 155 Å². The number of esters is 1. The Morgan fingerprint density at radius 1 is 0.962 bits per heavy atom. The summed E-state index contributed by atoms with van der Waals surface area (Å²) in [6.07, 6.45) is 0.988. The highest BCUT2D eigenvalue weighted by molar-refractivity contribution is 5.85. The Morgan fingerprint density at radius 2 is 1.54 bits per heavy atom. The fraction of sp³-hybridized carbons (Fsp3) is 0.364. The average molecular weight is 353 g/mol. The molecule has 0 unspecified atom stereocenters. The molecule has 0 aromatic heterocycles. The summed E-state index contributed by atoms with van der Waals surface area (Å²) in [5, 5.41) is 0. The molecule has 0 aliphatic carbocycles. The first-order valence-electron chi connectivity index (χ1n) is 8.89. The smallest absolute Gasteiger partial charge is 0.316 e. The monoisotopic (exact) mass is 353 g/mol. The Balaban J connectivity index is 1.89. The molecule has 0 atom stereocenters. The van der Waals surface area contributed by atoms with Gasteiger partial charge in [-0.05, 0) is 37.0 Å². The second-order valence-corrected chi connectivity index (χ2v) is 6.99. The molecule has 4 nitrogen and oxygen atoms in total. The molecule has 4 heteroatoms. The summed E-state index contributed by atoms with van der Waals surface area (Å²) in [6.45, 7) is 5.94. The third-order valence-electron chi connectivity index (χ3n) is 4.61. The van der Waals surface area contributed by atoms with Crippen molar-refractivity contribution in [1.29, 1.82) is 0 Å². The van der Waals surface area contributed by atoms with Crippen LogP contribution in [0.2, 0.25) is 0 Å². The average Bonchev–Trinajstić information content (AvgIpc) is 2.66. The predicted molar refractivity (Wildman–Crippen MR) is 103 cm³/mol. The second kappa shape index (κ2) is 8.65. The van der Waals surface area contributed by atoms with Crippen LogP contribution >= 0.6 is 0 Å². The van der Waals surface area contributed by atoms with E-state index < -0.39 is 11.4 Å². The van der Waals surface area contributed by atoms with E-state index >= 15 is 0 Å². The largest absolute Gasteiger partial charge is 0.455 e. The van der Waals surface area contributed by atoms with Crippen molar-refractivity contribution in [2.45, 2.75) is 39.2 Å². The quantitative estimate of drug-likeness (QED) is 0.713. The predicted octanol–water partition coefficient (Wildman–Crippen LogP) is 3.73. The Kier molecular flexibility index (Phi) is 6.56. The van der Waals surface area contributed by atoms with Gasteiger partial charge in [-0.3, -0.25) is 9.59 Å². The lowest BCUT2D eigenvalue weighted by Gasteiger charge is -2.24. The van der Waals surface area contributed by atoms with E-state index in [1.807, 2.05) is 42.5 Å². The fourth-order valence-electron chi connectivity index (χ4n) is 2.63. The molecular formula is C22H27NO3. The minimum atomic E-state index is -0.796. The summed E-state index contributed by atoms with van der Waals surface area (Å²) in [5.41, 5.74) is 2.38. The van der Waals surface area contributed by atoms with Crippen LogP contribution in [0.25, 0.3) is 0 Å². The topological polar surface area (TPSA) is 46.6 Å². The van der Waals surface area contributed by atoms with Crippen molar-refractivity contribution in [3.05, 3.63) is 71.3 Å². The molecule has 0 aliphatic heterocycles. The SMILES string of the molecule is CCc1ccc(CN(C)C(=O)COC(=O)C(C)(C)c2ccccc2)cc1. The molecule has 138 valence electrons. The van der Waals surface area contributed by atoms with Crippen LogP contribution in [-0.4, -0.2) is 30.4 Å². The van der Waals surface area contributed by atoms with E-state index in [0.29, 0.717) is 6.54 Å². The van der Waals surface area contributed by atoms with E-state index in [1.54, 1.807) is 25.8 Å². The number of carbonyl (C=O) groups excluding carboxylic acids is 2. The van der Waals surface area contributed by atoms with E-state index in [0.717, 1.165) is 17.5 Å². The third-order valence-corrected chi connectivity index (χ3v) is 4.61. The maximum Gasteiger partial charge on any atom is 0.316 e. The number of amides is 1. The first kappa shape index (κ1) is 19.7. The zero-order valence-electron chi connectivity index (χ0n) is 16.0. The molecule has 0 heterocycles. The highest BCUT2D eigenvalue weighted by Gasteiger charge is 2.32. The maximum absolute atomic E-state index is 12.4. The summed E-state index contributed by atoms with van der Waals surface area (Å²) >= 11 is 0. The number of carbonyl (C=O) groups is 2. The van der Waals surface area contributed by atoms with Crippen molar-refractivity contribution in [3.63, 3.8) is 0 Å². The summed E-state index contributed by atoms with van der Waals surface area (Å²) in [7, 11) is 1.71. The summed E-state index contributed by atoms with van der Waals surface area (Å²) < 4.78 is 5.29. The molecule has 0 N–H and O–H groups in total. The van der Waals surface area contributed by atoms with Crippen molar-refractivity contribution < 1.29 is 14.3 Å². The van der Waals surface area contributed by atoms with Gasteiger partial charge in [-0.1, -0.05) is 61.5 Å². The second-order valence-electron chi connectivity index (χ2n) is 6.99. The van der Waals surface area contributed by atoms with Crippen LogP contribution in [0.3, 0.4) is 0 Å². The van der Waals surface area contributed by atoms with E-state index in [-0.39, 0.29) is 12.5 Å². The van der Waals surface area contributed by atoms with Gasteiger partial charge in [0.25, 0.3) is 5.91 Å². The molecule has 1 amide bonds. The number of nitrogens with zero attached hydrogens (tertiary/aromatic N) is 1. The number of hydrogen-bond donors (Lipinski definition) is 0. The molecule has 2 aromatic rings. The minimum absolute atomic E-state index is 0.221. The van der Waals surface area contributed by atoms with Crippen molar-refractivity contribution >= 4 is 11.9 Å². The summed E-state index contributed by atoms with van der Waals surface area (Å²) in [6, 6.07) is 17.6. The molecule has 0 saturated heterocycles. The van der Waals surface area contributed by atoms with Gasteiger partial charge in [-0.15, -0.1) is 0 Å². The molecule has 0 bridgehead atoms. The molecule has 0 spiro atoms. The van der Waals surface area contributed by atoms with Crippen molar-refractivity contribution in [2.75, 3.05) is 13.7 Å². The van der Waals surface area contributed by atoms with E-state index in [1.165, 1.54) is 5.56 Å². The van der Waals surface area contributed by atoms with Gasteiger partial charge in [-0.25, -0.2) is 0 Å². The minimum Gasteiger partial charge on any atom is -0.455 e. The van der Waals surface area contributed by atoms with Gasteiger partial charge in [0.15, 0.2) is 6.61 Å². The first-order valence-corrected chi connectivity index (χ1v) is 8.89. The van der Waals surface area contributed by atoms with Crippen LogP contribution in [0.1, 0.15) is 37.5 Å². The van der Waals surface area contributed by atoms with Crippen LogP contribution in [-0.2, 0) is 32.7 Å². The van der Waals surface area contributed by atoms with Gasteiger partial charge >= 0.3 is 5.97 Å². The maximum atomic E-state index is 12.4. The van der Waals surface area contributed by atoms with Crippen LogP contribution in [0.15, 0.2) is 54.6 Å². The first-order chi connectivity index (χ1) is 12.3. The molecule has 0 fully saturated rings. The standard InChI is InChI=1S/C22H27NO3/c1-5-17-11-13-18(14-12-17)15-23(4)20(24)16-26-21(25)22(2,3)19-9-7-6-8-10-19/h6-14H,5,15-16H2,1-4H3. The highest BCUT2D eigenvalue weighted by atomic mass is 16.5. The van der Waals surface area contributed by atoms with Gasteiger partial charge in [0.05, 0.1) is 5.41 Å².